The highest BCUT2D eigenvalue weighted by molar-refractivity contribution is 5.55. The summed E-state index contributed by atoms with van der Waals surface area (Å²) in [5, 5.41) is 21.8. The molecule has 0 atom stereocenters. The lowest BCUT2D eigenvalue weighted by Crippen LogP contribution is -2.24. The smallest absolute Gasteiger partial charge is 0.144 e. The lowest BCUT2D eigenvalue weighted by molar-refractivity contribution is 0.111. The van der Waals surface area contributed by atoms with Crippen LogP contribution in [0.25, 0.3) is 0 Å². The molecule has 2 N–H and O–H groups in total. The Hall–Kier alpha value is -1.60. The molecule has 18 heavy (non-hydrogen) atoms. The number of nitriles is 1. The van der Waals surface area contributed by atoms with Crippen LogP contribution in [0, 0.1) is 24.2 Å². The third-order valence-electron chi connectivity index (χ3n) is 3.65. The van der Waals surface area contributed by atoms with Crippen molar-refractivity contribution in [2.45, 2.75) is 38.7 Å². The molecule has 0 amide bonds. The van der Waals surface area contributed by atoms with Crippen LogP contribution in [0.15, 0.2) is 12.3 Å². The van der Waals surface area contributed by atoms with E-state index < -0.39 is 0 Å². The maximum absolute atomic E-state index is 9.45. The highest BCUT2D eigenvalue weighted by Gasteiger charge is 2.19. The number of nitrogens with one attached hydrogen (secondary N) is 1. The van der Waals surface area contributed by atoms with E-state index >= 15 is 0 Å². The van der Waals surface area contributed by atoms with E-state index in [9.17, 15) is 5.11 Å². The number of aromatic nitrogens is 1. The van der Waals surface area contributed by atoms with Crippen molar-refractivity contribution >= 4 is 5.82 Å². The molecule has 4 nitrogen and oxygen atoms in total. The van der Waals surface area contributed by atoms with Gasteiger partial charge in [-0.3, -0.25) is 0 Å². The van der Waals surface area contributed by atoms with Crippen LogP contribution >= 0.6 is 0 Å². The molecule has 0 radical (unpaired) electrons. The van der Waals surface area contributed by atoms with E-state index in [0.717, 1.165) is 37.8 Å². The number of anilines is 1. The van der Waals surface area contributed by atoms with Gasteiger partial charge in [0.2, 0.25) is 0 Å². The third-order valence-corrected chi connectivity index (χ3v) is 3.65. The Morgan fingerprint density at radius 2 is 2.17 bits per heavy atom. The van der Waals surface area contributed by atoms with E-state index in [2.05, 4.69) is 16.4 Å². The van der Waals surface area contributed by atoms with Crippen LogP contribution < -0.4 is 5.32 Å². The predicted molar refractivity (Wildman–Crippen MR) is 70.1 cm³/mol. The maximum atomic E-state index is 9.45. The SMILES string of the molecule is Cc1ccnc(NCC2CCC(O)CC2)c1C#N. The number of nitrogens with zero attached hydrogens (tertiary/aromatic N) is 2. The number of hydrogen-bond donors (Lipinski definition) is 2. The monoisotopic (exact) mass is 245 g/mol. The summed E-state index contributed by atoms with van der Waals surface area (Å²) < 4.78 is 0. The lowest BCUT2D eigenvalue weighted by atomic mass is 9.87. The van der Waals surface area contributed by atoms with E-state index in [1.807, 2.05) is 13.0 Å². The van der Waals surface area contributed by atoms with Crippen LogP contribution in [0.3, 0.4) is 0 Å². The Morgan fingerprint density at radius 1 is 1.44 bits per heavy atom. The molecule has 1 aromatic heterocycles. The van der Waals surface area contributed by atoms with E-state index in [0.29, 0.717) is 17.3 Å². The average molecular weight is 245 g/mol. The Labute approximate surface area is 108 Å². The van der Waals surface area contributed by atoms with Gasteiger partial charge >= 0.3 is 0 Å². The first-order valence-corrected chi connectivity index (χ1v) is 6.48. The van der Waals surface area contributed by atoms with Crippen molar-refractivity contribution in [2.75, 3.05) is 11.9 Å². The molecule has 1 aliphatic carbocycles. The number of rotatable bonds is 3. The minimum atomic E-state index is -0.118. The molecule has 96 valence electrons. The van der Waals surface area contributed by atoms with Crippen LogP contribution in [0.4, 0.5) is 5.82 Å². The van der Waals surface area contributed by atoms with Gasteiger partial charge in [-0.25, -0.2) is 4.98 Å². The summed E-state index contributed by atoms with van der Waals surface area (Å²) in [5.41, 5.74) is 1.59. The van der Waals surface area contributed by atoms with Gasteiger partial charge in [-0.05, 0) is 50.2 Å². The van der Waals surface area contributed by atoms with Crippen LogP contribution in [-0.4, -0.2) is 22.7 Å². The largest absolute Gasteiger partial charge is 0.393 e. The molecule has 0 unspecified atom stereocenters. The Balaban J connectivity index is 1.95. The number of aliphatic hydroxyl groups is 1. The van der Waals surface area contributed by atoms with Gasteiger partial charge in [-0.15, -0.1) is 0 Å². The van der Waals surface area contributed by atoms with Gasteiger partial charge in [-0.2, -0.15) is 5.26 Å². The molecule has 0 bridgehead atoms. The van der Waals surface area contributed by atoms with Crippen molar-refractivity contribution in [1.82, 2.24) is 4.98 Å². The fourth-order valence-electron chi connectivity index (χ4n) is 2.42. The quantitative estimate of drug-likeness (QED) is 0.856. The van der Waals surface area contributed by atoms with Gasteiger partial charge in [-0.1, -0.05) is 0 Å². The molecular weight excluding hydrogens is 226 g/mol. The topological polar surface area (TPSA) is 68.9 Å². The van der Waals surface area contributed by atoms with Crippen molar-refractivity contribution in [2.24, 2.45) is 5.92 Å². The summed E-state index contributed by atoms with van der Waals surface area (Å²) in [7, 11) is 0. The molecule has 1 saturated carbocycles. The zero-order valence-corrected chi connectivity index (χ0v) is 10.7. The summed E-state index contributed by atoms with van der Waals surface area (Å²) in [4.78, 5) is 4.23. The normalized spacial score (nSPS) is 23.4. The van der Waals surface area contributed by atoms with Crippen molar-refractivity contribution < 1.29 is 5.11 Å². The zero-order valence-electron chi connectivity index (χ0n) is 10.7. The molecule has 1 fully saturated rings. The average Bonchev–Trinajstić information content (AvgIpc) is 2.38. The lowest BCUT2D eigenvalue weighted by Gasteiger charge is -2.25. The minimum absolute atomic E-state index is 0.118. The van der Waals surface area contributed by atoms with E-state index in [-0.39, 0.29) is 6.10 Å². The summed E-state index contributed by atoms with van der Waals surface area (Å²) in [6, 6.07) is 4.04. The summed E-state index contributed by atoms with van der Waals surface area (Å²) in [6.45, 7) is 2.75. The summed E-state index contributed by atoms with van der Waals surface area (Å²) in [6.07, 6.45) is 5.47. The number of hydrogen-bond acceptors (Lipinski definition) is 4. The van der Waals surface area contributed by atoms with Gasteiger partial charge in [0.05, 0.1) is 11.7 Å². The maximum Gasteiger partial charge on any atom is 0.144 e. The van der Waals surface area contributed by atoms with Gasteiger partial charge in [0, 0.05) is 12.7 Å². The van der Waals surface area contributed by atoms with Crippen LogP contribution in [0.2, 0.25) is 0 Å². The van der Waals surface area contributed by atoms with Gasteiger partial charge in [0.15, 0.2) is 0 Å². The van der Waals surface area contributed by atoms with E-state index in [4.69, 9.17) is 5.26 Å². The zero-order chi connectivity index (χ0) is 13.0. The molecule has 1 heterocycles. The van der Waals surface area contributed by atoms with Gasteiger partial charge in [0.25, 0.3) is 0 Å². The minimum Gasteiger partial charge on any atom is -0.393 e. The Kier molecular flexibility index (Phi) is 4.16. The summed E-state index contributed by atoms with van der Waals surface area (Å²) >= 11 is 0. The van der Waals surface area contributed by atoms with Crippen molar-refractivity contribution in [3.8, 4) is 6.07 Å². The third kappa shape index (κ3) is 2.99. The molecular formula is C14H19N3O. The molecule has 1 aromatic rings. The fourth-order valence-corrected chi connectivity index (χ4v) is 2.42. The molecule has 1 aliphatic rings. The second-order valence-corrected chi connectivity index (χ2v) is 5.02. The summed E-state index contributed by atoms with van der Waals surface area (Å²) in [5.74, 6) is 1.26. The van der Waals surface area contributed by atoms with Crippen LogP contribution in [0.5, 0.6) is 0 Å². The fraction of sp³-hybridized carbons (Fsp3) is 0.571. The van der Waals surface area contributed by atoms with Gasteiger partial charge in [0.1, 0.15) is 11.9 Å². The van der Waals surface area contributed by atoms with E-state index in [1.165, 1.54) is 0 Å². The van der Waals surface area contributed by atoms with Crippen molar-refractivity contribution in [1.29, 1.82) is 5.26 Å². The Bertz CT molecular complexity index is 445. The molecule has 4 heteroatoms. The Morgan fingerprint density at radius 3 is 2.83 bits per heavy atom. The number of pyridine rings is 1. The molecule has 0 aromatic carbocycles. The highest BCUT2D eigenvalue weighted by Crippen LogP contribution is 2.25. The second-order valence-electron chi connectivity index (χ2n) is 5.02. The predicted octanol–water partition coefficient (Wildman–Crippen LogP) is 2.22. The number of aliphatic hydroxyl groups excluding tert-OH is 1. The van der Waals surface area contributed by atoms with Crippen molar-refractivity contribution in [3.63, 3.8) is 0 Å². The first-order chi connectivity index (χ1) is 8.70. The van der Waals surface area contributed by atoms with Crippen molar-refractivity contribution in [3.05, 3.63) is 23.4 Å². The number of aryl methyl sites for hydroxylation is 1. The van der Waals surface area contributed by atoms with Gasteiger partial charge < -0.3 is 10.4 Å². The highest BCUT2D eigenvalue weighted by atomic mass is 16.3. The molecule has 0 saturated heterocycles. The molecule has 0 aliphatic heterocycles. The standard InChI is InChI=1S/C14H19N3O/c1-10-6-7-16-14(13(10)8-15)17-9-11-2-4-12(18)5-3-11/h6-7,11-12,18H,2-5,9H2,1H3,(H,16,17). The second kappa shape index (κ2) is 5.83. The first kappa shape index (κ1) is 12.8. The molecule has 2 rings (SSSR count). The molecule has 0 spiro atoms. The van der Waals surface area contributed by atoms with Crippen LogP contribution in [0.1, 0.15) is 36.8 Å². The van der Waals surface area contributed by atoms with E-state index in [1.54, 1.807) is 6.20 Å². The first-order valence-electron chi connectivity index (χ1n) is 6.48. The van der Waals surface area contributed by atoms with Crippen LogP contribution in [-0.2, 0) is 0 Å².